The maximum absolute atomic E-state index is 6.63. The second kappa shape index (κ2) is 12.0. The highest BCUT2D eigenvalue weighted by Gasteiger charge is 2.25. The highest BCUT2D eigenvalue weighted by Crippen LogP contribution is 2.43. The lowest BCUT2D eigenvalue weighted by molar-refractivity contribution is 0.670. The van der Waals surface area contributed by atoms with Crippen LogP contribution >= 0.6 is 0 Å². The lowest BCUT2D eigenvalue weighted by atomic mass is 9.92. The van der Waals surface area contributed by atoms with Crippen LogP contribution in [0, 0.1) is 0 Å². The largest absolute Gasteiger partial charge is 0.455 e. The minimum absolute atomic E-state index is 0.319. The Morgan fingerprint density at radius 1 is 0.471 bits per heavy atom. The summed E-state index contributed by atoms with van der Waals surface area (Å²) in [7, 11) is 0. The lowest BCUT2D eigenvalue weighted by Gasteiger charge is -2.24. The second-order valence-electron chi connectivity index (χ2n) is 13.0. The van der Waals surface area contributed by atoms with E-state index in [1.165, 1.54) is 21.5 Å². The molecule has 10 rings (SSSR count). The van der Waals surface area contributed by atoms with Gasteiger partial charge < -0.3 is 9.73 Å². The molecule has 0 saturated heterocycles. The van der Waals surface area contributed by atoms with Crippen molar-refractivity contribution >= 4 is 55.2 Å². The number of amidine groups is 2. The number of rotatable bonds is 5. The molecule has 4 nitrogen and oxygen atoms in total. The quantitative estimate of drug-likeness (QED) is 0.188. The third-order valence-electron chi connectivity index (χ3n) is 9.95. The molecule has 0 amide bonds. The van der Waals surface area contributed by atoms with Crippen LogP contribution in [0.1, 0.15) is 22.9 Å². The number of nitrogens with one attached hydrogen (secondary N) is 1. The molecule has 0 aliphatic carbocycles. The van der Waals surface area contributed by atoms with Crippen molar-refractivity contribution in [3.05, 3.63) is 193 Å². The Balaban J connectivity index is 1.18. The van der Waals surface area contributed by atoms with Crippen molar-refractivity contribution in [3.63, 3.8) is 0 Å². The van der Waals surface area contributed by atoms with Gasteiger partial charge in [0, 0.05) is 27.5 Å². The molecule has 1 atom stereocenters. The predicted octanol–water partition coefficient (Wildman–Crippen LogP) is 11.7. The summed E-state index contributed by atoms with van der Waals surface area (Å²) in [5.74, 6) is 1.47. The maximum atomic E-state index is 6.63. The van der Waals surface area contributed by atoms with E-state index in [2.05, 4.69) is 157 Å². The number of furan rings is 1. The summed E-state index contributed by atoms with van der Waals surface area (Å²) in [5, 5.41) is 10.7. The summed E-state index contributed by atoms with van der Waals surface area (Å²) in [5.41, 5.74) is 9.09. The first-order chi connectivity index (χ1) is 25.3. The Morgan fingerprint density at radius 2 is 1.12 bits per heavy atom. The Morgan fingerprint density at radius 3 is 1.96 bits per heavy atom. The van der Waals surface area contributed by atoms with E-state index in [1.807, 2.05) is 24.3 Å². The van der Waals surface area contributed by atoms with Crippen molar-refractivity contribution in [2.75, 3.05) is 0 Å². The average Bonchev–Trinajstić information content (AvgIpc) is 3.61. The first kappa shape index (κ1) is 29.2. The lowest BCUT2D eigenvalue weighted by Crippen LogP contribution is -2.33. The van der Waals surface area contributed by atoms with Crippen LogP contribution in [0.4, 0.5) is 0 Å². The first-order valence-electron chi connectivity index (χ1n) is 17.3. The van der Waals surface area contributed by atoms with Crippen molar-refractivity contribution in [3.8, 4) is 22.3 Å². The molecule has 0 fully saturated rings. The molecule has 0 saturated carbocycles. The Bertz CT molecular complexity index is 2830. The van der Waals surface area contributed by atoms with Crippen LogP contribution in [0.5, 0.6) is 0 Å². The van der Waals surface area contributed by atoms with Gasteiger partial charge in [0.2, 0.25) is 0 Å². The smallest absolute Gasteiger partial charge is 0.160 e. The van der Waals surface area contributed by atoms with Crippen LogP contribution in [0.15, 0.2) is 190 Å². The SMILES string of the molecule is c1ccc(-c2ccc(-c3ccccc3C3=NC(c4ccccc4)NC(c4ccc5ccc6ccccc6c5c4)=N3)c3c2oc2ccccc23)cc1. The van der Waals surface area contributed by atoms with Gasteiger partial charge in [0.25, 0.3) is 0 Å². The van der Waals surface area contributed by atoms with Crippen molar-refractivity contribution in [1.82, 2.24) is 5.32 Å². The summed E-state index contributed by atoms with van der Waals surface area (Å²) in [6.07, 6.45) is -0.319. The first-order valence-corrected chi connectivity index (χ1v) is 17.3. The number of para-hydroxylation sites is 1. The van der Waals surface area contributed by atoms with Gasteiger partial charge in [0.15, 0.2) is 5.84 Å². The molecule has 9 aromatic rings. The van der Waals surface area contributed by atoms with Gasteiger partial charge in [-0.15, -0.1) is 0 Å². The van der Waals surface area contributed by atoms with Crippen molar-refractivity contribution in [1.29, 1.82) is 0 Å². The minimum Gasteiger partial charge on any atom is -0.455 e. The molecule has 4 heteroatoms. The number of fused-ring (bicyclic) bond motifs is 6. The molecular formula is C47H31N3O. The predicted molar refractivity (Wildman–Crippen MR) is 211 cm³/mol. The zero-order valence-electron chi connectivity index (χ0n) is 27.6. The van der Waals surface area contributed by atoms with Crippen LogP contribution in [-0.4, -0.2) is 11.7 Å². The molecule has 1 N–H and O–H groups in total. The summed E-state index contributed by atoms with van der Waals surface area (Å²) < 4.78 is 6.63. The number of benzene rings is 8. The third kappa shape index (κ3) is 5.00. The number of hydrogen-bond donors (Lipinski definition) is 1. The fraction of sp³-hybridized carbons (Fsp3) is 0.0213. The summed E-state index contributed by atoms with van der Waals surface area (Å²) in [6, 6.07) is 61.5. The third-order valence-corrected chi connectivity index (χ3v) is 9.95. The van der Waals surface area contributed by atoms with Crippen molar-refractivity contribution in [2.24, 2.45) is 9.98 Å². The molecule has 240 valence electrons. The topological polar surface area (TPSA) is 49.9 Å². The second-order valence-corrected chi connectivity index (χ2v) is 13.0. The minimum atomic E-state index is -0.319. The van der Waals surface area contributed by atoms with Gasteiger partial charge in [-0.1, -0.05) is 158 Å². The molecule has 0 spiro atoms. The number of aliphatic imine (C=N–C) groups is 2. The van der Waals surface area contributed by atoms with Gasteiger partial charge in [-0.05, 0) is 62.0 Å². The monoisotopic (exact) mass is 653 g/mol. The molecule has 8 aromatic carbocycles. The summed E-state index contributed by atoms with van der Waals surface area (Å²) >= 11 is 0. The van der Waals surface area contributed by atoms with Crippen LogP contribution in [0.2, 0.25) is 0 Å². The van der Waals surface area contributed by atoms with Crippen molar-refractivity contribution in [2.45, 2.75) is 6.17 Å². The van der Waals surface area contributed by atoms with Crippen molar-refractivity contribution < 1.29 is 4.42 Å². The standard InChI is InChI=1S/C47H31N3O/c1-3-13-30(14-4-1)36-27-28-38(43-40-21-11-12-22-42(40)51-44(36)43)37-19-9-10-20-39(37)47-49-45(33-16-5-2-6-17-33)48-46(50-47)34-26-25-32-24-23-31-15-7-8-18-35(31)41(32)29-34/h1-29,45H,(H,48,49,50). The van der Waals surface area contributed by atoms with E-state index >= 15 is 0 Å². The molecule has 0 radical (unpaired) electrons. The van der Waals surface area contributed by atoms with Crippen LogP contribution < -0.4 is 5.32 Å². The molecule has 1 aromatic heterocycles. The summed E-state index contributed by atoms with van der Waals surface area (Å²) in [4.78, 5) is 10.6. The van der Waals surface area contributed by atoms with E-state index < -0.39 is 0 Å². The Hall–Kier alpha value is -6.78. The van der Waals surface area contributed by atoms with Gasteiger partial charge in [-0.3, -0.25) is 0 Å². The van der Waals surface area contributed by atoms with E-state index in [0.717, 1.165) is 66.7 Å². The molecule has 2 heterocycles. The van der Waals surface area contributed by atoms with E-state index in [4.69, 9.17) is 14.4 Å². The molecular weight excluding hydrogens is 623 g/mol. The number of nitrogens with zero attached hydrogens (tertiary/aromatic N) is 2. The fourth-order valence-corrected chi connectivity index (χ4v) is 7.48. The number of hydrogen-bond acceptors (Lipinski definition) is 4. The van der Waals surface area contributed by atoms with Gasteiger partial charge in [-0.2, -0.15) is 0 Å². The Kier molecular flexibility index (Phi) is 6.85. The van der Waals surface area contributed by atoms with Crippen LogP contribution in [-0.2, 0) is 0 Å². The van der Waals surface area contributed by atoms with Crippen LogP contribution in [0.25, 0.3) is 65.7 Å². The molecule has 1 aliphatic rings. The zero-order chi connectivity index (χ0) is 33.7. The molecule has 1 unspecified atom stereocenters. The molecule has 0 bridgehead atoms. The van der Waals surface area contributed by atoms with E-state index in [0.29, 0.717) is 5.84 Å². The molecule has 51 heavy (non-hydrogen) atoms. The normalized spacial score (nSPS) is 14.5. The maximum Gasteiger partial charge on any atom is 0.160 e. The van der Waals surface area contributed by atoms with Gasteiger partial charge in [-0.25, -0.2) is 9.98 Å². The Labute approximate surface area is 295 Å². The highest BCUT2D eigenvalue weighted by atomic mass is 16.3. The fourth-order valence-electron chi connectivity index (χ4n) is 7.48. The van der Waals surface area contributed by atoms with Gasteiger partial charge in [0.05, 0.1) is 0 Å². The van der Waals surface area contributed by atoms with Gasteiger partial charge >= 0.3 is 0 Å². The van der Waals surface area contributed by atoms with Gasteiger partial charge in [0.1, 0.15) is 23.2 Å². The molecule has 1 aliphatic heterocycles. The van der Waals surface area contributed by atoms with E-state index in [1.54, 1.807) is 0 Å². The van der Waals surface area contributed by atoms with Crippen LogP contribution in [0.3, 0.4) is 0 Å². The summed E-state index contributed by atoms with van der Waals surface area (Å²) in [6.45, 7) is 0. The van der Waals surface area contributed by atoms with E-state index in [-0.39, 0.29) is 6.17 Å². The average molecular weight is 654 g/mol. The highest BCUT2D eigenvalue weighted by molar-refractivity contribution is 6.21. The zero-order valence-corrected chi connectivity index (χ0v) is 27.6. The van der Waals surface area contributed by atoms with E-state index in [9.17, 15) is 0 Å².